The molecule has 1 amide bonds. The van der Waals surface area contributed by atoms with Gasteiger partial charge < -0.3 is 15.3 Å². The van der Waals surface area contributed by atoms with Gasteiger partial charge in [0.2, 0.25) is 0 Å². The van der Waals surface area contributed by atoms with Crippen LogP contribution >= 0.6 is 11.6 Å². The highest BCUT2D eigenvalue weighted by Gasteiger charge is 2.13. The molecule has 4 N–H and O–H groups in total. The number of aryl methyl sites for hydroxylation is 1. The van der Waals surface area contributed by atoms with Crippen LogP contribution in [0.4, 0.5) is 5.82 Å². The maximum atomic E-state index is 11.9. The van der Waals surface area contributed by atoms with Gasteiger partial charge in [-0.3, -0.25) is 4.79 Å². The minimum atomic E-state index is -0.414. The van der Waals surface area contributed by atoms with Crippen molar-refractivity contribution in [1.82, 2.24) is 15.5 Å². The number of hydrogen-bond acceptors (Lipinski definition) is 6. The van der Waals surface area contributed by atoms with Gasteiger partial charge in [0.1, 0.15) is 23.0 Å². The summed E-state index contributed by atoms with van der Waals surface area (Å²) in [5.41, 5.74) is 3.06. The van der Waals surface area contributed by atoms with E-state index in [-0.39, 0.29) is 17.3 Å². The summed E-state index contributed by atoms with van der Waals surface area (Å²) in [7, 11) is 0. The highest BCUT2D eigenvalue weighted by Crippen LogP contribution is 2.16. The minimum absolute atomic E-state index is 0.0948. The van der Waals surface area contributed by atoms with Crippen LogP contribution in [-0.2, 0) is 6.54 Å². The predicted molar refractivity (Wildman–Crippen MR) is 69.5 cm³/mol. The van der Waals surface area contributed by atoms with E-state index < -0.39 is 5.91 Å². The first kappa shape index (κ1) is 13.3. The molecular formula is C11H12ClN5O2. The van der Waals surface area contributed by atoms with Crippen molar-refractivity contribution in [3.05, 3.63) is 40.4 Å². The Hall–Kier alpha value is -2.12. The number of nitrogens with two attached hydrogens (primary N) is 1. The summed E-state index contributed by atoms with van der Waals surface area (Å²) in [5.74, 6) is 5.84. The van der Waals surface area contributed by atoms with E-state index in [9.17, 15) is 4.79 Å². The molecule has 2 aromatic heterocycles. The maximum absolute atomic E-state index is 11.9. The Morgan fingerprint density at radius 3 is 2.95 bits per heavy atom. The van der Waals surface area contributed by atoms with Crippen molar-refractivity contribution in [2.24, 2.45) is 5.84 Å². The van der Waals surface area contributed by atoms with Crippen LogP contribution in [-0.4, -0.2) is 16.0 Å². The van der Waals surface area contributed by atoms with Crippen molar-refractivity contribution in [3.63, 3.8) is 0 Å². The number of amides is 1. The third kappa shape index (κ3) is 3.21. The molecule has 0 aliphatic rings. The summed E-state index contributed by atoms with van der Waals surface area (Å²) < 4.78 is 4.89. The molecule has 0 aromatic carbocycles. The molecule has 2 rings (SSSR count). The normalized spacial score (nSPS) is 10.3. The lowest BCUT2D eigenvalue weighted by molar-refractivity contribution is 0.0945. The van der Waals surface area contributed by atoms with E-state index in [1.807, 2.05) is 0 Å². The van der Waals surface area contributed by atoms with Crippen molar-refractivity contribution in [1.29, 1.82) is 0 Å². The van der Waals surface area contributed by atoms with Crippen LogP contribution in [0.5, 0.6) is 0 Å². The molecule has 0 aliphatic carbocycles. The second-order valence-electron chi connectivity index (χ2n) is 3.78. The SMILES string of the molecule is Cc1cc(CNC(=O)c2nc(NN)ccc2Cl)no1. The Kier molecular flexibility index (Phi) is 3.98. The van der Waals surface area contributed by atoms with Crippen molar-refractivity contribution in [3.8, 4) is 0 Å². The van der Waals surface area contributed by atoms with Gasteiger partial charge >= 0.3 is 0 Å². The standard InChI is InChI=1S/C11H12ClN5O2/c1-6-4-7(17-19-6)5-14-11(18)10-8(12)2-3-9(15-10)16-13/h2-4H,5,13H2,1H3,(H,14,18)(H,15,16). The van der Waals surface area contributed by atoms with E-state index >= 15 is 0 Å². The van der Waals surface area contributed by atoms with Gasteiger partial charge in [0.25, 0.3) is 5.91 Å². The molecule has 0 spiro atoms. The molecule has 0 radical (unpaired) electrons. The Morgan fingerprint density at radius 2 is 2.32 bits per heavy atom. The number of carbonyl (C=O) groups excluding carboxylic acids is 1. The number of nitrogens with zero attached hydrogens (tertiary/aromatic N) is 2. The van der Waals surface area contributed by atoms with Gasteiger partial charge in [-0.1, -0.05) is 16.8 Å². The van der Waals surface area contributed by atoms with E-state index in [0.29, 0.717) is 17.3 Å². The van der Waals surface area contributed by atoms with Crippen LogP contribution < -0.4 is 16.6 Å². The number of carbonyl (C=O) groups is 1. The summed E-state index contributed by atoms with van der Waals surface area (Å²) in [6.07, 6.45) is 0. The number of pyridine rings is 1. The van der Waals surface area contributed by atoms with E-state index in [2.05, 4.69) is 20.9 Å². The van der Waals surface area contributed by atoms with Crippen molar-refractivity contribution >= 4 is 23.3 Å². The number of rotatable bonds is 4. The fourth-order valence-corrected chi connectivity index (χ4v) is 1.63. The monoisotopic (exact) mass is 281 g/mol. The molecule has 0 saturated heterocycles. The van der Waals surface area contributed by atoms with Gasteiger partial charge in [-0.05, 0) is 19.1 Å². The number of nitrogens with one attached hydrogen (secondary N) is 2. The summed E-state index contributed by atoms with van der Waals surface area (Å²) in [5, 5.41) is 6.65. The first-order valence-corrected chi connectivity index (χ1v) is 5.81. The highest BCUT2D eigenvalue weighted by atomic mass is 35.5. The molecule has 2 heterocycles. The van der Waals surface area contributed by atoms with Crippen LogP contribution in [0.25, 0.3) is 0 Å². The van der Waals surface area contributed by atoms with Gasteiger partial charge in [0.05, 0.1) is 11.6 Å². The van der Waals surface area contributed by atoms with Crippen LogP contribution in [0.2, 0.25) is 5.02 Å². The quantitative estimate of drug-likeness (QED) is 0.575. The Bertz CT molecular complexity index is 599. The largest absolute Gasteiger partial charge is 0.361 e. The van der Waals surface area contributed by atoms with Crippen molar-refractivity contribution in [2.45, 2.75) is 13.5 Å². The summed E-state index contributed by atoms with van der Waals surface area (Å²) in [6.45, 7) is 2.00. The fourth-order valence-electron chi connectivity index (χ4n) is 1.44. The van der Waals surface area contributed by atoms with Gasteiger partial charge in [-0.15, -0.1) is 0 Å². The Morgan fingerprint density at radius 1 is 1.53 bits per heavy atom. The molecule has 2 aromatic rings. The number of hydrazine groups is 1. The smallest absolute Gasteiger partial charge is 0.271 e. The number of halogens is 1. The number of anilines is 1. The minimum Gasteiger partial charge on any atom is -0.361 e. The van der Waals surface area contributed by atoms with Crippen LogP contribution in [0.15, 0.2) is 22.7 Å². The zero-order valence-corrected chi connectivity index (χ0v) is 10.9. The molecule has 100 valence electrons. The van der Waals surface area contributed by atoms with Crippen LogP contribution in [0.1, 0.15) is 21.9 Å². The first-order chi connectivity index (χ1) is 9.10. The third-order valence-electron chi connectivity index (χ3n) is 2.32. The summed E-state index contributed by atoms with van der Waals surface area (Å²) >= 11 is 5.91. The van der Waals surface area contributed by atoms with E-state index in [0.717, 1.165) is 0 Å². The highest BCUT2D eigenvalue weighted by molar-refractivity contribution is 6.33. The van der Waals surface area contributed by atoms with E-state index in [1.165, 1.54) is 0 Å². The molecule has 0 atom stereocenters. The summed E-state index contributed by atoms with van der Waals surface area (Å²) in [4.78, 5) is 15.9. The molecule has 19 heavy (non-hydrogen) atoms. The predicted octanol–water partition coefficient (Wildman–Crippen LogP) is 1.25. The molecule has 0 unspecified atom stereocenters. The van der Waals surface area contributed by atoms with Gasteiger partial charge in [0.15, 0.2) is 0 Å². The lowest BCUT2D eigenvalue weighted by Gasteiger charge is -2.06. The van der Waals surface area contributed by atoms with E-state index in [1.54, 1.807) is 25.1 Å². The maximum Gasteiger partial charge on any atom is 0.271 e. The number of nitrogen functional groups attached to an aromatic ring is 1. The second kappa shape index (κ2) is 5.68. The zero-order chi connectivity index (χ0) is 13.8. The van der Waals surface area contributed by atoms with Crippen LogP contribution in [0.3, 0.4) is 0 Å². The number of hydrogen-bond donors (Lipinski definition) is 3. The van der Waals surface area contributed by atoms with Gasteiger partial charge in [-0.25, -0.2) is 10.8 Å². The molecule has 0 saturated carbocycles. The Balaban J connectivity index is 2.07. The summed E-state index contributed by atoms with van der Waals surface area (Å²) in [6, 6.07) is 4.84. The molecular weight excluding hydrogens is 270 g/mol. The van der Waals surface area contributed by atoms with Crippen molar-refractivity contribution in [2.75, 3.05) is 5.43 Å². The Labute approximate surface area is 114 Å². The van der Waals surface area contributed by atoms with Gasteiger partial charge in [0, 0.05) is 6.07 Å². The molecule has 8 heteroatoms. The van der Waals surface area contributed by atoms with E-state index in [4.69, 9.17) is 22.0 Å². The van der Waals surface area contributed by atoms with Crippen LogP contribution in [0, 0.1) is 6.92 Å². The average Bonchev–Trinajstić information content (AvgIpc) is 2.82. The lowest BCUT2D eigenvalue weighted by Crippen LogP contribution is -2.25. The molecule has 0 aliphatic heterocycles. The molecule has 7 nitrogen and oxygen atoms in total. The second-order valence-corrected chi connectivity index (χ2v) is 4.19. The first-order valence-electron chi connectivity index (χ1n) is 5.43. The third-order valence-corrected chi connectivity index (χ3v) is 2.62. The van der Waals surface area contributed by atoms with Gasteiger partial charge in [-0.2, -0.15) is 0 Å². The number of aromatic nitrogens is 2. The molecule has 0 fully saturated rings. The zero-order valence-electron chi connectivity index (χ0n) is 10.1. The average molecular weight is 282 g/mol. The fraction of sp³-hybridized carbons (Fsp3) is 0.182. The van der Waals surface area contributed by atoms with Crippen molar-refractivity contribution < 1.29 is 9.32 Å². The topological polar surface area (TPSA) is 106 Å². The molecule has 0 bridgehead atoms. The lowest BCUT2D eigenvalue weighted by atomic mass is 10.3.